The maximum absolute atomic E-state index is 13.0. The highest BCUT2D eigenvalue weighted by Gasteiger charge is 2.36. The lowest BCUT2D eigenvalue weighted by Gasteiger charge is -2.19. The van der Waals surface area contributed by atoms with Crippen molar-refractivity contribution in [2.24, 2.45) is 0 Å². The molecule has 0 atom stereocenters. The number of hydrogen-bond donors (Lipinski definition) is 0. The van der Waals surface area contributed by atoms with Gasteiger partial charge < -0.3 is 4.74 Å². The zero-order valence-corrected chi connectivity index (χ0v) is 18.5. The number of ether oxygens (including phenoxy) is 1. The van der Waals surface area contributed by atoms with Crippen LogP contribution in [-0.4, -0.2) is 21.8 Å². The minimum absolute atomic E-state index is 0.0565. The highest BCUT2D eigenvalue weighted by molar-refractivity contribution is 8.27. The van der Waals surface area contributed by atoms with Crippen molar-refractivity contribution in [1.29, 1.82) is 0 Å². The first-order valence-corrected chi connectivity index (χ1v) is 10.4. The van der Waals surface area contributed by atoms with Crippen LogP contribution in [0.15, 0.2) is 53.4 Å². The second-order valence-corrected chi connectivity index (χ2v) is 9.36. The smallest absolute Gasteiger partial charge is 0.416 e. The topological polar surface area (TPSA) is 46.6 Å². The van der Waals surface area contributed by atoms with Crippen molar-refractivity contribution in [1.82, 2.24) is 0 Å². The first-order valence-electron chi connectivity index (χ1n) is 9.14. The number of carbonyl (C=O) groups excluding carboxylic acids is 2. The van der Waals surface area contributed by atoms with Crippen molar-refractivity contribution in [3.63, 3.8) is 0 Å². The van der Waals surface area contributed by atoms with E-state index in [-0.39, 0.29) is 14.9 Å². The fraction of sp³-hybridized carbons (Fsp3) is 0.227. The summed E-state index contributed by atoms with van der Waals surface area (Å²) >= 11 is 6.22. The monoisotopic (exact) mass is 465 g/mol. The summed E-state index contributed by atoms with van der Waals surface area (Å²) in [6, 6.07) is 10.9. The molecule has 2 aromatic carbocycles. The van der Waals surface area contributed by atoms with Crippen LogP contribution < -0.4 is 4.90 Å². The Hall–Kier alpha value is -2.65. The molecule has 162 valence electrons. The molecule has 0 spiro atoms. The van der Waals surface area contributed by atoms with E-state index in [0.29, 0.717) is 11.1 Å². The summed E-state index contributed by atoms with van der Waals surface area (Å²) in [5, 5.41) is 0. The molecule has 0 N–H and O–H groups in total. The Kier molecular flexibility index (Phi) is 6.29. The standard InChI is InChI=1S/C22H18F3NO3S2/c1-21(2,3)29-19(28)14-9-7-13(8-10-14)11-17-18(27)26(20(30)31-17)16-6-4-5-15(12-16)22(23,24)25/h4-12H,1-3H3/b17-11+. The Morgan fingerprint density at radius 3 is 2.32 bits per heavy atom. The van der Waals surface area contributed by atoms with Gasteiger partial charge in [-0.2, -0.15) is 13.2 Å². The molecule has 31 heavy (non-hydrogen) atoms. The van der Waals surface area contributed by atoms with E-state index in [1.165, 1.54) is 12.1 Å². The molecule has 0 saturated carbocycles. The van der Waals surface area contributed by atoms with Gasteiger partial charge in [0.15, 0.2) is 4.32 Å². The molecule has 9 heteroatoms. The molecule has 1 fully saturated rings. The minimum Gasteiger partial charge on any atom is -0.456 e. The van der Waals surface area contributed by atoms with E-state index < -0.39 is 29.2 Å². The molecule has 3 rings (SSSR count). The van der Waals surface area contributed by atoms with Crippen molar-refractivity contribution in [2.45, 2.75) is 32.5 Å². The van der Waals surface area contributed by atoms with Crippen molar-refractivity contribution < 1.29 is 27.5 Å². The highest BCUT2D eigenvalue weighted by atomic mass is 32.2. The highest BCUT2D eigenvalue weighted by Crippen LogP contribution is 2.38. The van der Waals surface area contributed by atoms with E-state index in [0.717, 1.165) is 28.8 Å². The van der Waals surface area contributed by atoms with Gasteiger partial charge in [-0.25, -0.2) is 4.79 Å². The second-order valence-electron chi connectivity index (χ2n) is 7.69. The molecular formula is C22H18F3NO3S2. The van der Waals surface area contributed by atoms with E-state index >= 15 is 0 Å². The summed E-state index contributed by atoms with van der Waals surface area (Å²) < 4.78 is 44.5. The normalized spacial score (nSPS) is 16.2. The third-order valence-electron chi connectivity index (χ3n) is 4.07. The third kappa shape index (κ3) is 5.54. The molecule has 4 nitrogen and oxygen atoms in total. The van der Waals surface area contributed by atoms with Gasteiger partial charge in [-0.05, 0) is 62.7 Å². The Balaban J connectivity index is 1.82. The molecule has 1 heterocycles. The lowest BCUT2D eigenvalue weighted by molar-refractivity contribution is -0.137. The van der Waals surface area contributed by atoms with Gasteiger partial charge in [-0.15, -0.1) is 0 Å². The van der Waals surface area contributed by atoms with E-state index in [9.17, 15) is 22.8 Å². The molecule has 0 bridgehead atoms. The lowest BCUT2D eigenvalue weighted by Crippen LogP contribution is -2.27. The number of nitrogens with zero attached hydrogens (tertiary/aromatic N) is 1. The summed E-state index contributed by atoms with van der Waals surface area (Å²) in [5.74, 6) is -0.972. The van der Waals surface area contributed by atoms with Crippen LogP contribution in [0.1, 0.15) is 42.3 Å². The van der Waals surface area contributed by atoms with E-state index in [1.54, 1.807) is 51.1 Å². The van der Waals surface area contributed by atoms with Crippen molar-refractivity contribution >= 4 is 51.9 Å². The number of thiocarbonyl (C=S) groups is 1. The second kappa shape index (κ2) is 8.47. The summed E-state index contributed by atoms with van der Waals surface area (Å²) in [6.07, 6.45) is -2.95. The van der Waals surface area contributed by atoms with E-state index in [1.807, 2.05) is 0 Å². The Labute approximate surface area is 187 Å². The predicted octanol–water partition coefficient (Wildman–Crippen LogP) is 6.07. The fourth-order valence-corrected chi connectivity index (χ4v) is 4.01. The quantitative estimate of drug-likeness (QED) is 0.313. The first kappa shape index (κ1) is 23.0. The number of anilines is 1. The largest absolute Gasteiger partial charge is 0.456 e. The van der Waals surface area contributed by atoms with Gasteiger partial charge in [0, 0.05) is 0 Å². The number of alkyl halides is 3. The summed E-state index contributed by atoms with van der Waals surface area (Å²) in [7, 11) is 0. The Bertz CT molecular complexity index is 1070. The molecule has 0 unspecified atom stereocenters. The van der Waals surface area contributed by atoms with Crippen LogP contribution >= 0.6 is 24.0 Å². The maximum Gasteiger partial charge on any atom is 0.416 e. The van der Waals surface area contributed by atoms with Crippen LogP contribution in [0.2, 0.25) is 0 Å². The molecule has 0 aliphatic carbocycles. The lowest BCUT2D eigenvalue weighted by atomic mass is 10.1. The zero-order chi connectivity index (χ0) is 23.0. The van der Waals surface area contributed by atoms with Crippen LogP contribution in [0.5, 0.6) is 0 Å². The van der Waals surface area contributed by atoms with Gasteiger partial charge in [-0.3, -0.25) is 9.69 Å². The minimum atomic E-state index is -4.53. The summed E-state index contributed by atoms with van der Waals surface area (Å²) in [5.41, 5.74) is -0.421. The van der Waals surface area contributed by atoms with Crippen LogP contribution in [0.4, 0.5) is 18.9 Å². The number of thioether (sulfide) groups is 1. The van der Waals surface area contributed by atoms with E-state index in [2.05, 4.69) is 0 Å². The molecule has 0 aromatic heterocycles. The Morgan fingerprint density at radius 2 is 1.74 bits per heavy atom. The molecule has 1 saturated heterocycles. The first-order chi connectivity index (χ1) is 14.3. The number of halogens is 3. The van der Waals surface area contributed by atoms with Crippen LogP contribution in [0.25, 0.3) is 6.08 Å². The molecule has 1 aliphatic rings. The number of carbonyl (C=O) groups is 2. The number of amides is 1. The summed E-state index contributed by atoms with van der Waals surface area (Å²) in [4.78, 5) is 26.3. The van der Waals surface area contributed by atoms with E-state index in [4.69, 9.17) is 17.0 Å². The average molecular weight is 466 g/mol. The van der Waals surface area contributed by atoms with Gasteiger partial charge in [0.25, 0.3) is 5.91 Å². The predicted molar refractivity (Wildman–Crippen MR) is 119 cm³/mol. The van der Waals surface area contributed by atoms with Gasteiger partial charge in [-0.1, -0.05) is 42.2 Å². The van der Waals surface area contributed by atoms with Gasteiger partial charge >= 0.3 is 12.1 Å². The third-order valence-corrected chi connectivity index (χ3v) is 5.37. The van der Waals surface area contributed by atoms with Crippen LogP contribution in [0, 0.1) is 0 Å². The Morgan fingerprint density at radius 1 is 1.10 bits per heavy atom. The molecule has 1 aliphatic heterocycles. The van der Waals surface area contributed by atoms with Crippen molar-refractivity contribution in [2.75, 3.05) is 4.90 Å². The van der Waals surface area contributed by atoms with Crippen LogP contribution in [-0.2, 0) is 15.7 Å². The van der Waals surface area contributed by atoms with Crippen molar-refractivity contribution in [3.8, 4) is 0 Å². The van der Waals surface area contributed by atoms with Gasteiger partial charge in [0.05, 0.1) is 21.7 Å². The molecule has 0 radical (unpaired) electrons. The van der Waals surface area contributed by atoms with Crippen molar-refractivity contribution in [3.05, 3.63) is 70.1 Å². The zero-order valence-electron chi connectivity index (χ0n) is 16.8. The van der Waals surface area contributed by atoms with Crippen LogP contribution in [0.3, 0.4) is 0 Å². The SMILES string of the molecule is CC(C)(C)OC(=O)c1ccc(/C=C2/SC(=S)N(c3cccc(C(F)(F)F)c3)C2=O)cc1. The summed E-state index contributed by atoms with van der Waals surface area (Å²) in [6.45, 7) is 5.31. The fourth-order valence-electron chi connectivity index (χ4n) is 2.72. The maximum atomic E-state index is 13.0. The molecule has 1 amide bonds. The number of hydrogen-bond acceptors (Lipinski definition) is 5. The molecular weight excluding hydrogens is 447 g/mol. The van der Waals surface area contributed by atoms with Gasteiger partial charge in [0.1, 0.15) is 5.60 Å². The van der Waals surface area contributed by atoms with Gasteiger partial charge in [0.2, 0.25) is 0 Å². The number of esters is 1. The number of rotatable bonds is 3. The average Bonchev–Trinajstić information content (AvgIpc) is 2.93. The molecule has 2 aromatic rings. The number of benzene rings is 2.